The molecule has 0 bridgehead atoms. The van der Waals surface area contributed by atoms with Crippen molar-refractivity contribution in [3.05, 3.63) is 0 Å². The molecule has 0 saturated carbocycles. The molecular weight excluding hydrogens is 92.1 g/mol. The summed E-state index contributed by atoms with van der Waals surface area (Å²) in [5.41, 5.74) is 5.11. The molecule has 3 heteroatoms. The van der Waals surface area contributed by atoms with Crippen molar-refractivity contribution in [1.29, 1.82) is 5.26 Å². The van der Waals surface area contributed by atoms with E-state index in [9.17, 15) is 0 Å². The van der Waals surface area contributed by atoms with Crippen molar-refractivity contribution >= 4 is 0 Å². The first kappa shape index (κ1) is 6.41. The van der Waals surface area contributed by atoms with Gasteiger partial charge in [-0.05, 0) is 0 Å². The zero-order valence-corrected chi connectivity index (χ0v) is 3.96. The van der Waals surface area contributed by atoms with Crippen LogP contribution in [-0.4, -0.2) is 17.8 Å². The second-order valence-electron chi connectivity index (χ2n) is 1.30. The highest BCUT2D eigenvalue weighted by Gasteiger charge is 1.94. The smallest absolute Gasteiger partial charge is 0.0638 e. The van der Waals surface area contributed by atoms with Crippen LogP contribution in [0.15, 0.2) is 0 Å². The van der Waals surface area contributed by atoms with E-state index >= 15 is 0 Å². The largest absolute Gasteiger partial charge is 0.395 e. The van der Waals surface area contributed by atoms with Gasteiger partial charge in [-0.2, -0.15) is 5.26 Å². The van der Waals surface area contributed by atoms with Crippen LogP contribution in [-0.2, 0) is 0 Å². The van der Waals surface area contributed by atoms with Crippen LogP contribution in [0.25, 0.3) is 0 Å². The van der Waals surface area contributed by atoms with Crippen LogP contribution in [0.3, 0.4) is 0 Å². The molecule has 0 fully saturated rings. The fraction of sp³-hybridized carbons (Fsp3) is 0.750. The van der Waals surface area contributed by atoms with Gasteiger partial charge in [0.25, 0.3) is 0 Å². The summed E-state index contributed by atoms with van der Waals surface area (Å²) < 4.78 is 0. The minimum absolute atomic E-state index is 0.104. The summed E-state index contributed by atoms with van der Waals surface area (Å²) in [4.78, 5) is 0. The maximum Gasteiger partial charge on any atom is 0.0638 e. The topological polar surface area (TPSA) is 70.0 Å². The van der Waals surface area contributed by atoms with Gasteiger partial charge in [0.1, 0.15) is 0 Å². The van der Waals surface area contributed by atoms with E-state index in [1.54, 1.807) is 0 Å². The second kappa shape index (κ2) is 3.59. The number of aliphatic hydroxyl groups excluding tert-OH is 1. The Kier molecular flexibility index (Phi) is 3.29. The van der Waals surface area contributed by atoms with E-state index < -0.39 is 0 Å². The highest BCUT2D eigenvalue weighted by atomic mass is 16.3. The summed E-state index contributed by atoms with van der Waals surface area (Å²) >= 11 is 0. The molecule has 0 rings (SSSR count). The lowest BCUT2D eigenvalue weighted by Crippen LogP contribution is -2.23. The minimum Gasteiger partial charge on any atom is -0.395 e. The average Bonchev–Trinajstić information content (AvgIpc) is 1.68. The molecule has 3 nitrogen and oxygen atoms in total. The van der Waals surface area contributed by atoms with Gasteiger partial charge in [0.2, 0.25) is 0 Å². The fourth-order valence-electron chi connectivity index (χ4n) is 0.182. The number of nitriles is 1. The Morgan fingerprint density at radius 1 is 1.86 bits per heavy atom. The van der Waals surface area contributed by atoms with Crippen molar-refractivity contribution in [3.8, 4) is 6.07 Å². The molecule has 40 valence electrons. The van der Waals surface area contributed by atoms with Crippen molar-refractivity contribution in [2.24, 2.45) is 5.73 Å². The van der Waals surface area contributed by atoms with E-state index in [2.05, 4.69) is 0 Å². The maximum atomic E-state index is 8.19. The van der Waals surface area contributed by atoms with Gasteiger partial charge in [-0.3, -0.25) is 0 Å². The number of aliphatic hydroxyl groups is 1. The standard InChI is InChI=1S/C4H8N2O/c5-2-1-4(6)3-7/h4,7H,1,3,6H2. The molecule has 0 aromatic carbocycles. The summed E-state index contributed by atoms with van der Waals surface area (Å²) in [6.07, 6.45) is 0.233. The third-order valence-corrected chi connectivity index (χ3v) is 0.588. The van der Waals surface area contributed by atoms with Gasteiger partial charge >= 0.3 is 0 Å². The molecule has 0 aliphatic heterocycles. The molecule has 3 N–H and O–H groups in total. The van der Waals surface area contributed by atoms with Gasteiger partial charge in [-0.1, -0.05) is 0 Å². The molecule has 0 aliphatic carbocycles. The molecule has 0 heterocycles. The molecular formula is C4H8N2O. The van der Waals surface area contributed by atoms with Gasteiger partial charge in [0, 0.05) is 6.04 Å². The van der Waals surface area contributed by atoms with Gasteiger partial charge < -0.3 is 10.8 Å². The van der Waals surface area contributed by atoms with Crippen LogP contribution in [0, 0.1) is 11.3 Å². The Morgan fingerprint density at radius 3 is 2.57 bits per heavy atom. The third kappa shape index (κ3) is 3.23. The Morgan fingerprint density at radius 2 is 2.43 bits per heavy atom. The average molecular weight is 100 g/mol. The van der Waals surface area contributed by atoms with Crippen LogP contribution in [0.4, 0.5) is 0 Å². The lowest BCUT2D eigenvalue weighted by atomic mass is 10.3. The minimum atomic E-state index is -0.356. The Hall–Kier alpha value is -0.590. The van der Waals surface area contributed by atoms with Crippen LogP contribution in [0.1, 0.15) is 6.42 Å². The first-order valence-electron chi connectivity index (χ1n) is 2.04. The second-order valence-corrected chi connectivity index (χ2v) is 1.30. The predicted molar refractivity (Wildman–Crippen MR) is 25.3 cm³/mol. The summed E-state index contributed by atoms with van der Waals surface area (Å²) in [7, 11) is 0. The highest BCUT2D eigenvalue weighted by Crippen LogP contribution is 1.79. The lowest BCUT2D eigenvalue weighted by molar-refractivity contribution is 0.267. The van der Waals surface area contributed by atoms with E-state index in [4.69, 9.17) is 16.1 Å². The number of rotatable bonds is 2. The molecule has 1 atom stereocenters. The van der Waals surface area contributed by atoms with Crippen LogP contribution in [0.5, 0.6) is 0 Å². The highest BCUT2D eigenvalue weighted by molar-refractivity contribution is 4.76. The monoisotopic (exact) mass is 100 g/mol. The molecule has 0 amide bonds. The van der Waals surface area contributed by atoms with Gasteiger partial charge in [-0.25, -0.2) is 0 Å². The SMILES string of the molecule is N#CCC(N)CO. The van der Waals surface area contributed by atoms with Crippen LogP contribution in [0.2, 0.25) is 0 Å². The molecule has 0 aromatic rings. The molecule has 0 saturated heterocycles. The van der Waals surface area contributed by atoms with E-state index in [1.165, 1.54) is 0 Å². The fourth-order valence-corrected chi connectivity index (χ4v) is 0.182. The van der Waals surface area contributed by atoms with E-state index in [1.807, 2.05) is 6.07 Å². The molecule has 0 spiro atoms. The van der Waals surface area contributed by atoms with E-state index in [-0.39, 0.29) is 19.1 Å². The third-order valence-electron chi connectivity index (χ3n) is 0.588. The van der Waals surface area contributed by atoms with Crippen molar-refractivity contribution < 1.29 is 5.11 Å². The number of nitrogens with zero attached hydrogens (tertiary/aromatic N) is 1. The first-order chi connectivity index (χ1) is 3.31. The number of hydrogen-bond donors (Lipinski definition) is 2. The zero-order chi connectivity index (χ0) is 5.70. The Labute approximate surface area is 42.4 Å². The van der Waals surface area contributed by atoms with Crippen LogP contribution < -0.4 is 5.73 Å². The Bertz CT molecular complexity index is 76.2. The van der Waals surface area contributed by atoms with Gasteiger partial charge in [0.15, 0.2) is 0 Å². The predicted octanol–water partition coefficient (Wildman–Crippen LogP) is -0.780. The number of nitrogens with two attached hydrogens (primary N) is 1. The lowest BCUT2D eigenvalue weighted by Gasteiger charge is -1.97. The first-order valence-corrected chi connectivity index (χ1v) is 2.04. The molecule has 0 aliphatic rings. The maximum absolute atomic E-state index is 8.19. The van der Waals surface area contributed by atoms with Crippen LogP contribution >= 0.6 is 0 Å². The van der Waals surface area contributed by atoms with E-state index in [0.717, 1.165) is 0 Å². The quantitative estimate of drug-likeness (QED) is 0.478. The van der Waals surface area contributed by atoms with Crippen molar-refractivity contribution in [3.63, 3.8) is 0 Å². The molecule has 0 radical (unpaired) electrons. The Balaban J connectivity index is 3.03. The molecule has 0 aromatic heterocycles. The molecule has 1 unspecified atom stereocenters. The van der Waals surface area contributed by atoms with Crippen molar-refractivity contribution in [2.45, 2.75) is 12.5 Å². The van der Waals surface area contributed by atoms with Gasteiger partial charge in [-0.15, -0.1) is 0 Å². The van der Waals surface area contributed by atoms with E-state index in [0.29, 0.717) is 0 Å². The van der Waals surface area contributed by atoms with Crippen molar-refractivity contribution in [2.75, 3.05) is 6.61 Å². The summed E-state index contributed by atoms with van der Waals surface area (Å²) in [6, 6.07) is 1.48. The number of hydrogen-bond acceptors (Lipinski definition) is 3. The zero-order valence-electron chi connectivity index (χ0n) is 3.96. The van der Waals surface area contributed by atoms with Crippen molar-refractivity contribution in [1.82, 2.24) is 0 Å². The summed E-state index contributed by atoms with van der Waals surface area (Å²) in [5, 5.41) is 16.1. The molecule has 7 heavy (non-hydrogen) atoms. The summed E-state index contributed by atoms with van der Waals surface area (Å²) in [5.74, 6) is 0. The van der Waals surface area contributed by atoms with Gasteiger partial charge in [0.05, 0.1) is 19.1 Å². The summed E-state index contributed by atoms with van der Waals surface area (Å²) in [6.45, 7) is -0.104. The normalized spacial score (nSPS) is 12.7.